The Morgan fingerprint density at radius 1 is 1.03 bits per heavy atom. The molecule has 0 saturated heterocycles. The van der Waals surface area contributed by atoms with Gasteiger partial charge in [-0.05, 0) is 59.5 Å². The van der Waals surface area contributed by atoms with Crippen LogP contribution in [0.1, 0.15) is 5.56 Å². The highest BCUT2D eigenvalue weighted by Gasteiger charge is 2.15. The van der Waals surface area contributed by atoms with Gasteiger partial charge in [-0.2, -0.15) is 0 Å². The number of hydrogen-bond acceptors (Lipinski definition) is 6. The molecule has 0 atom stereocenters. The molecule has 0 saturated carbocycles. The highest BCUT2D eigenvalue weighted by atomic mass is 35.5. The largest absolute Gasteiger partial charge is 0.340 e. The molecule has 0 radical (unpaired) electrons. The van der Waals surface area contributed by atoms with E-state index in [0.29, 0.717) is 22.0 Å². The number of nitrogens with one attached hydrogen (secondary N) is 2. The summed E-state index contributed by atoms with van der Waals surface area (Å²) < 4.78 is 30.2. The van der Waals surface area contributed by atoms with Crippen molar-refractivity contribution in [2.75, 3.05) is 5.32 Å². The summed E-state index contributed by atoms with van der Waals surface area (Å²) in [7, 11) is -1.94. The van der Waals surface area contributed by atoms with E-state index in [4.69, 9.17) is 11.6 Å². The van der Waals surface area contributed by atoms with Crippen LogP contribution >= 0.6 is 11.6 Å². The second kappa shape index (κ2) is 8.43. The number of nitrogens with zero attached hydrogens (tertiary/aromatic N) is 4. The molecule has 10 heteroatoms. The van der Waals surface area contributed by atoms with Gasteiger partial charge in [-0.25, -0.2) is 22.8 Å². The van der Waals surface area contributed by atoms with Crippen LogP contribution in [0.5, 0.6) is 0 Å². The van der Waals surface area contributed by atoms with Crippen LogP contribution in [0.15, 0.2) is 77.8 Å². The van der Waals surface area contributed by atoms with Gasteiger partial charge in [0.2, 0.25) is 10.0 Å². The predicted molar refractivity (Wildman–Crippen MR) is 129 cm³/mol. The minimum Gasteiger partial charge on any atom is -0.340 e. The zero-order chi connectivity index (χ0) is 23.0. The summed E-state index contributed by atoms with van der Waals surface area (Å²) in [5, 5.41) is 13.7. The fourth-order valence-corrected chi connectivity index (χ4v) is 4.81. The summed E-state index contributed by atoms with van der Waals surface area (Å²) in [6.07, 6.45) is 1.69. The number of aromatic nitrogens is 4. The van der Waals surface area contributed by atoms with E-state index >= 15 is 0 Å². The fourth-order valence-electron chi connectivity index (χ4n) is 3.58. The molecule has 0 amide bonds. The van der Waals surface area contributed by atoms with Crippen LogP contribution in [0, 0.1) is 0 Å². The van der Waals surface area contributed by atoms with Crippen LogP contribution in [-0.2, 0) is 23.6 Å². The third-order valence-electron chi connectivity index (χ3n) is 5.28. The molecule has 0 fully saturated rings. The summed E-state index contributed by atoms with van der Waals surface area (Å²) >= 11 is 6.15. The van der Waals surface area contributed by atoms with Crippen molar-refractivity contribution < 1.29 is 8.42 Å². The van der Waals surface area contributed by atoms with Crippen LogP contribution in [0.25, 0.3) is 21.8 Å². The number of fused-ring (bicyclic) bond motifs is 2. The Morgan fingerprint density at radius 3 is 2.79 bits per heavy atom. The van der Waals surface area contributed by atoms with Gasteiger partial charge < -0.3 is 5.32 Å². The number of pyridine rings is 1. The lowest BCUT2D eigenvalue weighted by atomic mass is 10.1. The number of aryl methyl sites for hydroxylation is 1. The normalized spacial score (nSPS) is 11.8. The summed E-state index contributed by atoms with van der Waals surface area (Å²) in [6.45, 7) is 0.135. The van der Waals surface area contributed by atoms with Crippen LogP contribution in [0.4, 0.5) is 11.5 Å². The molecule has 5 aromatic rings. The van der Waals surface area contributed by atoms with Gasteiger partial charge in [-0.1, -0.05) is 35.0 Å². The van der Waals surface area contributed by atoms with E-state index in [1.165, 1.54) is 0 Å². The molecule has 2 N–H and O–H groups in total. The Labute approximate surface area is 195 Å². The first-order valence-electron chi connectivity index (χ1n) is 10.1. The van der Waals surface area contributed by atoms with Gasteiger partial charge >= 0.3 is 0 Å². The number of benzene rings is 3. The van der Waals surface area contributed by atoms with Gasteiger partial charge in [-0.3, -0.25) is 0 Å². The maximum atomic E-state index is 12.9. The summed E-state index contributed by atoms with van der Waals surface area (Å²) in [4.78, 5) is 4.53. The number of sulfonamides is 1. The zero-order valence-corrected chi connectivity index (χ0v) is 19.1. The van der Waals surface area contributed by atoms with Crippen LogP contribution in [-0.4, -0.2) is 28.4 Å². The van der Waals surface area contributed by atoms with Crippen molar-refractivity contribution in [3.63, 3.8) is 0 Å². The first-order chi connectivity index (χ1) is 15.9. The van der Waals surface area contributed by atoms with Gasteiger partial charge in [0.15, 0.2) is 0 Å². The van der Waals surface area contributed by atoms with Crippen molar-refractivity contribution in [2.45, 2.75) is 11.4 Å². The van der Waals surface area contributed by atoms with E-state index in [-0.39, 0.29) is 11.4 Å². The molecular formula is C23H19ClN6O2S. The zero-order valence-electron chi connectivity index (χ0n) is 17.5. The summed E-state index contributed by atoms with van der Waals surface area (Å²) in [6, 6.07) is 19.6. The van der Waals surface area contributed by atoms with Crippen molar-refractivity contribution >= 4 is 54.9 Å². The van der Waals surface area contributed by atoms with Crippen molar-refractivity contribution in [1.29, 1.82) is 0 Å². The molecule has 166 valence electrons. The maximum absolute atomic E-state index is 12.9. The topological polar surface area (TPSA) is 102 Å². The van der Waals surface area contributed by atoms with Crippen molar-refractivity contribution in [3.8, 4) is 0 Å². The van der Waals surface area contributed by atoms with E-state index in [2.05, 4.69) is 25.3 Å². The van der Waals surface area contributed by atoms with Gasteiger partial charge in [0.1, 0.15) is 11.3 Å². The van der Waals surface area contributed by atoms with Crippen LogP contribution in [0.3, 0.4) is 0 Å². The first-order valence-corrected chi connectivity index (χ1v) is 11.9. The first kappa shape index (κ1) is 21.3. The highest BCUT2D eigenvalue weighted by Crippen LogP contribution is 2.28. The van der Waals surface area contributed by atoms with Crippen LogP contribution < -0.4 is 10.0 Å². The summed E-state index contributed by atoms with van der Waals surface area (Å²) in [5.74, 6) is 0.592. The Morgan fingerprint density at radius 2 is 1.91 bits per heavy atom. The van der Waals surface area contributed by atoms with Crippen molar-refractivity contribution in [2.24, 2.45) is 7.05 Å². The molecule has 0 spiro atoms. The molecule has 2 aromatic heterocycles. The van der Waals surface area contributed by atoms with Crippen molar-refractivity contribution in [1.82, 2.24) is 24.7 Å². The molecule has 3 aromatic carbocycles. The molecule has 33 heavy (non-hydrogen) atoms. The van der Waals surface area contributed by atoms with Gasteiger partial charge in [0, 0.05) is 35.9 Å². The van der Waals surface area contributed by atoms with E-state index in [9.17, 15) is 8.42 Å². The number of halogens is 1. The minimum atomic E-state index is -3.74. The van der Waals surface area contributed by atoms with E-state index in [0.717, 1.165) is 21.9 Å². The second-order valence-electron chi connectivity index (χ2n) is 7.54. The standard InChI is InChI=1S/C23H19ClN6O2S/c1-30-22-8-5-15(11-21(22)28-29-30)14-26-33(31,32)19-4-2-3-18(13-19)27-23-20-12-17(24)7-6-16(20)9-10-25-23/h2-13,26H,14H2,1H3,(H,25,27). The molecule has 0 bridgehead atoms. The van der Waals surface area contributed by atoms with Crippen LogP contribution in [0.2, 0.25) is 5.02 Å². The molecule has 0 aliphatic carbocycles. The Bertz CT molecular complexity index is 1600. The van der Waals surface area contributed by atoms with Gasteiger partial charge in [0.25, 0.3) is 0 Å². The smallest absolute Gasteiger partial charge is 0.240 e. The minimum absolute atomic E-state index is 0.135. The lowest BCUT2D eigenvalue weighted by Gasteiger charge is -2.11. The maximum Gasteiger partial charge on any atom is 0.240 e. The van der Waals surface area contributed by atoms with E-state index in [1.807, 2.05) is 42.5 Å². The molecular weight excluding hydrogens is 460 g/mol. The monoisotopic (exact) mass is 478 g/mol. The van der Waals surface area contributed by atoms with Gasteiger partial charge in [-0.15, -0.1) is 5.10 Å². The quantitative estimate of drug-likeness (QED) is 0.375. The third kappa shape index (κ3) is 4.38. The molecule has 0 aliphatic heterocycles. The Hall–Kier alpha value is -3.53. The SMILES string of the molecule is Cn1nnc2cc(CNS(=O)(=O)c3cccc(Nc4nccc5ccc(Cl)cc45)c3)ccc21. The molecule has 2 heterocycles. The predicted octanol–water partition coefficient (Wildman–Crippen LogP) is 4.39. The lowest BCUT2D eigenvalue weighted by Crippen LogP contribution is -2.23. The average molecular weight is 479 g/mol. The fraction of sp³-hybridized carbons (Fsp3) is 0.0870. The second-order valence-corrected chi connectivity index (χ2v) is 9.74. The van der Waals surface area contributed by atoms with E-state index < -0.39 is 10.0 Å². The van der Waals surface area contributed by atoms with Gasteiger partial charge in [0.05, 0.1) is 10.4 Å². The van der Waals surface area contributed by atoms with Crippen molar-refractivity contribution in [3.05, 3.63) is 83.5 Å². The number of hydrogen-bond donors (Lipinski definition) is 2. The third-order valence-corrected chi connectivity index (χ3v) is 6.91. The Balaban J connectivity index is 1.37. The molecule has 5 rings (SSSR count). The highest BCUT2D eigenvalue weighted by molar-refractivity contribution is 7.89. The van der Waals surface area contributed by atoms with E-state index in [1.54, 1.807) is 42.2 Å². The molecule has 0 unspecified atom stereocenters. The number of rotatable bonds is 6. The number of anilines is 2. The lowest BCUT2D eigenvalue weighted by molar-refractivity contribution is 0.581. The molecule has 0 aliphatic rings. The Kier molecular flexibility index (Phi) is 5.45. The summed E-state index contributed by atoms with van der Waals surface area (Å²) in [5.41, 5.74) is 2.98. The molecule has 8 nitrogen and oxygen atoms in total. The average Bonchev–Trinajstić information content (AvgIpc) is 3.18.